The average Bonchev–Trinajstić information content (AvgIpc) is 3.07. The van der Waals surface area contributed by atoms with Crippen molar-refractivity contribution in [2.24, 2.45) is 0 Å². The topological polar surface area (TPSA) is 69.9 Å². The molecule has 0 saturated heterocycles. The van der Waals surface area contributed by atoms with E-state index < -0.39 is 13.4 Å². The van der Waals surface area contributed by atoms with Gasteiger partial charge in [0.15, 0.2) is 5.78 Å². The van der Waals surface area contributed by atoms with Crippen LogP contribution in [0.3, 0.4) is 0 Å². The lowest BCUT2D eigenvalue weighted by molar-refractivity contribution is 0.211. The zero-order valence-corrected chi connectivity index (χ0v) is 14.4. The molecule has 1 aromatic heterocycles. The Morgan fingerprint density at radius 3 is 2.26 bits per heavy atom. The van der Waals surface area contributed by atoms with Crippen molar-refractivity contribution in [1.29, 1.82) is 0 Å². The monoisotopic (exact) mass is 339 g/mol. The van der Waals surface area contributed by atoms with E-state index in [-0.39, 0.29) is 13.2 Å². The van der Waals surface area contributed by atoms with Crippen LogP contribution in [0, 0.1) is 0 Å². The third-order valence-electron chi connectivity index (χ3n) is 3.14. The average molecular weight is 339 g/mol. The fourth-order valence-corrected chi connectivity index (χ4v) is 4.00. The number of anilines is 1. The number of hydrogen-bond donors (Lipinski definition) is 1. The molecule has 1 atom stereocenters. The summed E-state index contributed by atoms with van der Waals surface area (Å²) >= 11 is 0. The van der Waals surface area contributed by atoms with E-state index in [0.717, 1.165) is 11.4 Å². The van der Waals surface area contributed by atoms with Crippen LogP contribution in [0.1, 0.15) is 25.4 Å². The first-order valence-electron chi connectivity index (χ1n) is 7.45. The fraction of sp³-hybridized carbons (Fsp3) is 0.375. The van der Waals surface area contributed by atoms with Gasteiger partial charge in [0.2, 0.25) is 0 Å². The van der Waals surface area contributed by atoms with Crippen molar-refractivity contribution in [3.8, 4) is 5.75 Å². The second-order valence-electron chi connectivity index (χ2n) is 4.67. The lowest BCUT2D eigenvalue weighted by atomic mass is 10.3. The van der Waals surface area contributed by atoms with Crippen molar-refractivity contribution in [2.75, 3.05) is 25.6 Å². The molecule has 0 aliphatic heterocycles. The molecular formula is C16H22NO5P. The van der Waals surface area contributed by atoms with Crippen molar-refractivity contribution in [2.45, 2.75) is 19.6 Å². The molecule has 0 bridgehead atoms. The van der Waals surface area contributed by atoms with Gasteiger partial charge in [0.25, 0.3) is 0 Å². The molecule has 23 heavy (non-hydrogen) atoms. The quantitative estimate of drug-likeness (QED) is 0.670. The van der Waals surface area contributed by atoms with Crippen LogP contribution in [0.2, 0.25) is 0 Å². The summed E-state index contributed by atoms with van der Waals surface area (Å²) in [5, 5.41) is 3.18. The minimum atomic E-state index is -3.44. The van der Waals surface area contributed by atoms with E-state index >= 15 is 0 Å². The number of furan rings is 1. The van der Waals surface area contributed by atoms with Crippen LogP contribution in [0.5, 0.6) is 5.75 Å². The molecule has 0 aliphatic carbocycles. The third kappa shape index (κ3) is 4.38. The Morgan fingerprint density at radius 1 is 1.13 bits per heavy atom. The summed E-state index contributed by atoms with van der Waals surface area (Å²) in [5.74, 6) is 0.500. The minimum Gasteiger partial charge on any atom is -0.497 e. The second-order valence-corrected chi connectivity index (χ2v) is 6.78. The maximum atomic E-state index is 13.1. The summed E-state index contributed by atoms with van der Waals surface area (Å²) in [6.45, 7) is 4.11. The Hall–Kier alpha value is -1.75. The molecule has 0 fully saturated rings. The highest BCUT2D eigenvalue weighted by molar-refractivity contribution is 7.54. The highest BCUT2D eigenvalue weighted by Gasteiger charge is 2.39. The summed E-state index contributed by atoms with van der Waals surface area (Å²) in [7, 11) is -1.83. The van der Waals surface area contributed by atoms with Crippen LogP contribution < -0.4 is 10.1 Å². The first kappa shape index (κ1) is 17.6. The van der Waals surface area contributed by atoms with E-state index in [2.05, 4.69) is 5.32 Å². The molecule has 0 radical (unpaired) electrons. The minimum absolute atomic E-state index is 0.277. The van der Waals surface area contributed by atoms with Crippen molar-refractivity contribution in [3.63, 3.8) is 0 Å². The van der Waals surface area contributed by atoms with Gasteiger partial charge in [-0.15, -0.1) is 0 Å². The molecule has 126 valence electrons. The van der Waals surface area contributed by atoms with E-state index in [9.17, 15) is 4.57 Å². The number of benzene rings is 1. The van der Waals surface area contributed by atoms with Crippen molar-refractivity contribution in [3.05, 3.63) is 48.4 Å². The van der Waals surface area contributed by atoms with E-state index in [4.69, 9.17) is 18.2 Å². The molecule has 0 unspecified atom stereocenters. The molecule has 0 aliphatic rings. The Labute approximate surface area is 136 Å². The standard InChI is InChI=1S/C16H22NO5P/c1-4-21-23(18,22-5-2)16(15-7-6-12-20-15)17-13-8-10-14(19-3)11-9-13/h6-12,16-17H,4-5H2,1-3H3/t16-/m0/s1. The maximum absolute atomic E-state index is 13.1. The van der Waals surface area contributed by atoms with Gasteiger partial charge in [0.1, 0.15) is 11.5 Å². The number of rotatable bonds is 9. The van der Waals surface area contributed by atoms with E-state index in [0.29, 0.717) is 5.76 Å². The largest absolute Gasteiger partial charge is 0.497 e. The zero-order chi connectivity index (χ0) is 16.7. The third-order valence-corrected chi connectivity index (χ3v) is 5.39. The Bertz CT molecular complexity index is 616. The van der Waals surface area contributed by atoms with E-state index in [1.807, 2.05) is 24.3 Å². The zero-order valence-electron chi connectivity index (χ0n) is 13.5. The van der Waals surface area contributed by atoms with Crippen molar-refractivity contribution >= 4 is 13.3 Å². The van der Waals surface area contributed by atoms with Crippen LogP contribution in [0.4, 0.5) is 5.69 Å². The van der Waals surface area contributed by atoms with Crippen LogP contribution in [0.15, 0.2) is 47.1 Å². The summed E-state index contributed by atoms with van der Waals surface area (Å²) in [5.41, 5.74) is 0.756. The first-order chi connectivity index (χ1) is 11.1. The smallest absolute Gasteiger partial charge is 0.360 e. The van der Waals surface area contributed by atoms with E-state index in [1.165, 1.54) is 6.26 Å². The van der Waals surface area contributed by atoms with Crippen molar-refractivity contribution < 1.29 is 22.8 Å². The van der Waals surface area contributed by atoms with Crippen LogP contribution in [-0.2, 0) is 13.6 Å². The van der Waals surface area contributed by atoms with Gasteiger partial charge >= 0.3 is 7.60 Å². The molecule has 1 heterocycles. The van der Waals surface area contributed by atoms with Gasteiger partial charge in [-0.25, -0.2) is 0 Å². The Kier molecular flexibility index (Phi) is 6.28. The van der Waals surface area contributed by atoms with Crippen LogP contribution in [-0.4, -0.2) is 20.3 Å². The summed E-state index contributed by atoms with van der Waals surface area (Å²) in [6.07, 6.45) is 1.53. The van der Waals surface area contributed by atoms with Gasteiger partial charge in [0, 0.05) is 5.69 Å². The molecule has 1 N–H and O–H groups in total. The number of ether oxygens (including phenoxy) is 1. The Morgan fingerprint density at radius 2 is 1.78 bits per heavy atom. The molecular weight excluding hydrogens is 317 g/mol. The molecule has 0 amide bonds. The summed E-state index contributed by atoms with van der Waals surface area (Å²) in [4.78, 5) is 0. The first-order valence-corrected chi connectivity index (χ1v) is 9.07. The van der Waals surface area contributed by atoms with Gasteiger partial charge in [-0.2, -0.15) is 0 Å². The fourth-order valence-electron chi connectivity index (χ4n) is 2.14. The second kappa shape index (κ2) is 8.20. The lowest BCUT2D eigenvalue weighted by Crippen LogP contribution is -2.14. The van der Waals surface area contributed by atoms with Gasteiger partial charge in [-0.05, 0) is 50.2 Å². The molecule has 0 spiro atoms. The van der Waals surface area contributed by atoms with E-state index in [1.54, 1.807) is 33.1 Å². The van der Waals surface area contributed by atoms with Gasteiger partial charge in [0.05, 0.1) is 26.6 Å². The highest BCUT2D eigenvalue weighted by Crippen LogP contribution is 2.60. The predicted octanol–water partition coefficient (Wildman–Crippen LogP) is 4.67. The van der Waals surface area contributed by atoms with Crippen molar-refractivity contribution in [1.82, 2.24) is 0 Å². The Balaban J connectivity index is 2.31. The molecule has 2 rings (SSSR count). The molecule has 2 aromatic rings. The van der Waals surface area contributed by atoms with Gasteiger partial charge in [-0.3, -0.25) is 4.57 Å². The lowest BCUT2D eigenvalue weighted by Gasteiger charge is -2.26. The number of hydrogen-bond acceptors (Lipinski definition) is 6. The van der Waals surface area contributed by atoms with Crippen LogP contribution >= 0.6 is 7.60 Å². The van der Waals surface area contributed by atoms with Crippen LogP contribution in [0.25, 0.3) is 0 Å². The normalized spacial score (nSPS) is 12.8. The number of nitrogens with one attached hydrogen (secondary N) is 1. The van der Waals surface area contributed by atoms with Gasteiger partial charge in [-0.1, -0.05) is 0 Å². The molecule has 7 heteroatoms. The van der Waals surface area contributed by atoms with Gasteiger partial charge < -0.3 is 23.5 Å². The summed E-state index contributed by atoms with van der Waals surface area (Å²) in [6, 6.07) is 10.8. The molecule has 1 aromatic carbocycles. The number of methoxy groups -OCH3 is 1. The highest BCUT2D eigenvalue weighted by atomic mass is 31.2. The SMILES string of the molecule is CCOP(=O)(OCC)[C@H](Nc1ccc(OC)cc1)c1ccco1. The molecule has 0 saturated carbocycles. The molecule has 6 nitrogen and oxygen atoms in total. The summed E-state index contributed by atoms with van der Waals surface area (Å²) < 4.78 is 34.6. The predicted molar refractivity (Wildman–Crippen MR) is 88.9 cm³/mol. The maximum Gasteiger partial charge on any atom is 0.360 e.